The molecule has 3 nitrogen and oxygen atoms in total. The normalized spacial score (nSPS) is 9.71. The first-order valence-corrected chi connectivity index (χ1v) is 4.36. The third-order valence-corrected chi connectivity index (χ3v) is 1.82. The van der Waals surface area contributed by atoms with E-state index in [-0.39, 0.29) is 5.56 Å². The summed E-state index contributed by atoms with van der Waals surface area (Å²) >= 11 is 0. The number of aromatic nitrogens is 1. The van der Waals surface area contributed by atoms with Gasteiger partial charge in [0, 0.05) is 11.8 Å². The van der Waals surface area contributed by atoms with Crippen molar-refractivity contribution in [2.45, 2.75) is 0 Å². The van der Waals surface area contributed by atoms with E-state index in [0.717, 1.165) is 5.69 Å². The molecule has 0 fully saturated rings. The quantitative estimate of drug-likeness (QED) is 0.754. The predicted molar refractivity (Wildman–Crippen MR) is 56.8 cm³/mol. The molecule has 0 aliphatic rings. The van der Waals surface area contributed by atoms with Gasteiger partial charge in [-0.3, -0.25) is 4.79 Å². The zero-order valence-corrected chi connectivity index (χ0v) is 7.53. The van der Waals surface area contributed by atoms with Crippen LogP contribution in [0.4, 0.5) is 11.5 Å². The molecule has 3 heteroatoms. The number of para-hydroxylation sites is 1. The lowest BCUT2D eigenvalue weighted by molar-refractivity contribution is 1.23. The molecule has 2 aromatic rings. The maximum absolute atomic E-state index is 11.0. The largest absolute Gasteiger partial charge is 0.342 e. The maximum Gasteiger partial charge on any atom is 0.249 e. The van der Waals surface area contributed by atoms with Gasteiger partial charge in [-0.15, -0.1) is 0 Å². The van der Waals surface area contributed by atoms with Crippen molar-refractivity contribution in [3.05, 3.63) is 58.9 Å². The van der Waals surface area contributed by atoms with Gasteiger partial charge in [0.05, 0.1) is 0 Å². The molecule has 0 saturated carbocycles. The number of hydrogen-bond donors (Lipinski definition) is 2. The Morgan fingerprint density at radius 1 is 0.929 bits per heavy atom. The standard InChI is InChI=1S/C11H10N2O/c14-11-8-4-7-10(13-11)12-9-5-2-1-3-6-9/h1-8H,(H2,12,13,14). The molecule has 0 unspecified atom stereocenters. The van der Waals surface area contributed by atoms with Gasteiger partial charge in [-0.25, -0.2) is 0 Å². The van der Waals surface area contributed by atoms with Crippen LogP contribution in [0.25, 0.3) is 0 Å². The molecular formula is C11H10N2O. The highest BCUT2D eigenvalue weighted by molar-refractivity contribution is 5.55. The highest BCUT2D eigenvalue weighted by Gasteiger charge is 1.92. The Morgan fingerprint density at radius 3 is 2.43 bits per heavy atom. The van der Waals surface area contributed by atoms with Gasteiger partial charge < -0.3 is 10.3 Å². The summed E-state index contributed by atoms with van der Waals surface area (Å²) in [4.78, 5) is 13.7. The fourth-order valence-electron chi connectivity index (χ4n) is 1.20. The summed E-state index contributed by atoms with van der Waals surface area (Å²) in [6.45, 7) is 0. The number of rotatable bonds is 2. The molecule has 1 heterocycles. The molecule has 0 aliphatic heterocycles. The molecule has 2 rings (SSSR count). The van der Waals surface area contributed by atoms with Crippen molar-refractivity contribution < 1.29 is 0 Å². The van der Waals surface area contributed by atoms with Crippen molar-refractivity contribution in [1.82, 2.24) is 4.98 Å². The van der Waals surface area contributed by atoms with Crippen LogP contribution in [0.2, 0.25) is 0 Å². The van der Waals surface area contributed by atoms with Gasteiger partial charge >= 0.3 is 0 Å². The third kappa shape index (κ3) is 2.01. The van der Waals surface area contributed by atoms with Crippen LogP contribution in [0.1, 0.15) is 0 Å². The second kappa shape index (κ2) is 3.79. The summed E-state index contributed by atoms with van der Waals surface area (Å²) in [5.41, 5.74) is 0.847. The molecule has 0 radical (unpaired) electrons. The lowest BCUT2D eigenvalue weighted by Crippen LogP contribution is -2.05. The second-order valence-corrected chi connectivity index (χ2v) is 2.92. The number of H-pyrrole nitrogens is 1. The van der Waals surface area contributed by atoms with Gasteiger partial charge in [0.25, 0.3) is 0 Å². The molecule has 1 aromatic carbocycles. The first-order chi connectivity index (χ1) is 6.84. The Balaban J connectivity index is 2.24. The number of anilines is 2. The third-order valence-electron chi connectivity index (χ3n) is 1.82. The lowest BCUT2D eigenvalue weighted by atomic mass is 10.3. The molecule has 1 aromatic heterocycles. The van der Waals surface area contributed by atoms with Crippen molar-refractivity contribution in [3.63, 3.8) is 0 Å². The van der Waals surface area contributed by atoms with Gasteiger partial charge in [-0.05, 0) is 18.2 Å². The Bertz CT molecular complexity index is 462. The number of pyridine rings is 1. The molecule has 0 aliphatic carbocycles. The highest BCUT2D eigenvalue weighted by Crippen LogP contribution is 2.11. The van der Waals surface area contributed by atoms with Crippen molar-refractivity contribution in [3.8, 4) is 0 Å². The van der Waals surface area contributed by atoms with E-state index in [9.17, 15) is 4.79 Å². The van der Waals surface area contributed by atoms with Crippen LogP contribution in [0.3, 0.4) is 0 Å². The van der Waals surface area contributed by atoms with Crippen LogP contribution in [0, 0.1) is 0 Å². The predicted octanol–water partition coefficient (Wildman–Crippen LogP) is 2.12. The molecule has 70 valence electrons. The first kappa shape index (κ1) is 8.56. The highest BCUT2D eigenvalue weighted by atomic mass is 16.1. The summed E-state index contributed by atoms with van der Waals surface area (Å²) in [5.74, 6) is 0.698. The minimum Gasteiger partial charge on any atom is -0.342 e. The van der Waals surface area contributed by atoms with Crippen LogP contribution < -0.4 is 10.9 Å². The fourth-order valence-corrected chi connectivity index (χ4v) is 1.20. The van der Waals surface area contributed by atoms with Gasteiger partial charge in [-0.1, -0.05) is 24.3 Å². The zero-order valence-electron chi connectivity index (χ0n) is 7.53. The molecule has 0 amide bonds. The fraction of sp³-hybridized carbons (Fsp3) is 0. The Kier molecular flexibility index (Phi) is 2.32. The molecule has 0 atom stereocenters. The number of hydrogen-bond acceptors (Lipinski definition) is 2. The minimum atomic E-state index is -0.106. The van der Waals surface area contributed by atoms with E-state index < -0.39 is 0 Å². The molecule has 14 heavy (non-hydrogen) atoms. The van der Waals surface area contributed by atoms with Crippen molar-refractivity contribution in [1.29, 1.82) is 0 Å². The van der Waals surface area contributed by atoms with Gasteiger partial charge in [0.1, 0.15) is 5.82 Å². The monoisotopic (exact) mass is 186 g/mol. The zero-order chi connectivity index (χ0) is 9.80. The summed E-state index contributed by atoms with van der Waals surface area (Å²) in [5, 5.41) is 3.09. The maximum atomic E-state index is 11.0. The average Bonchev–Trinajstić information content (AvgIpc) is 2.19. The first-order valence-electron chi connectivity index (χ1n) is 4.36. The van der Waals surface area contributed by atoms with Crippen LogP contribution in [0.5, 0.6) is 0 Å². The Morgan fingerprint density at radius 2 is 1.71 bits per heavy atom. The minimum absolute atomic E-state index is 0.106. The van der Waals surface area contributed by atoms with Gasteiger partial charge in [-0.2, -0.15) is 0 Å². The summed E-state index contributed by atoms with van der Waals surface area (Å²) < 4.78 is 0. The van der Waals surface area contributed by atoms with Crippen LogP contribution >= 0.6 is 0 Å². The van der Waals surface area contributed by atoms with E-state index in [4.69, 9.17) is 0 Å². The van der Waals surface area contributed by atoms with E-state index in [1.165, 1.54) is 6.07 Å². The van der Waals surface area contributed by atoms with Crippen LogP contribution in [-0.4, -0.2) is 4.98 Å². The molecule has 0 saturated heterocycles. The SMILES string of the molecule is O=c1cccc(Nc2ccccc2)[nH]1. The summed E-state index contributed by atoms with van der Waals surface area (Å²) in [6, 6.07) is 14.7. The summed E-state index contributed by atoms with van der Waals surface area (Å²) in [7, 11) is 0. The van der Waals surface area contributed by atoms with E-state index >= 15 is 0 Å². The molecule has 2 N–H and O–H groups in total. The average molecular weight is 186 g/mol. The topological polar surface area (TPSA) is 44.9 Å². The van der Waals surface area contributed by atoms with Gasteiger partial charge in [0.15, 0.2) is 0 Å². The van der Waals surface area contributed by atoms with Crippen LogP contribution in [0.15, 0.2) is 53.3 Å². The van der Waals surface area contributed by atoms with Crippen molar-refractivity contribution in [2.24, 2.45) is 0 Å². The Labute approximate surface area is 81.4 Å². The summed E-state index contributed by atoms with van der Waals surface area (Å²) in [6.07, 6.45) is 0. The molecular weight excluding hydrogens is 176 g/mol. The van der Waals surface area contributed by atoms with E-state index in [2.05, 4.69) is 10.3 Å². The second-order valence-electron chi connectivity index (χ2n) is 2.92. The number of nitrogens with one attached hydrogen (secondary N) is 2. The van der Waals surface area contributed by atoms with E-state index in [1.54, 1.807) is 6.07 Å². The number of aromatic amines is 1. The van der Waals surface area contributed by atoms with Gasteiger partial charge in [0.2, 0.25) is 5.56 Å². The Hall–Kier alpha value is -2.03. The van der Waals surface area contributed by atoms with Crippen LogP contribution in [-0.2, 0) is 0 Å². The van der Waals surface area contributed by atoms with Crippen molar-refractivity contribution >= 4 is 11.5 Å². The van der Waals surface area contributed by atoms with E-state index in [0.29, 0.717) is 5.82 Å². The molecule has 0 spiro atoms. The number of benzene rings is 1. The van der Waals surface area contributed by atoms with E-state index in [1.807, 2.05) is 36.4 Å². The smallest absolute Gasteiger partial charge is 0.249 e. The van der Waals surface area contributed by atoms with Crippen molar-refractivity contribution in [2.75, 3.05) is 5.32 Å². The molecule has 0 bridgehead atoms. The lowest BCUT2D eigenvalue weighted by Gasteiger charge is -2.04.